The minimum absolute atomic E-state index is 0.0326. The highest BCUT2D eigenvalue weighted by molar-refractivity contribution is 9.09. The molecule has 0 radical (unpaired) electrons. The lowest BCUT2D eigenvalue weighted by molar-refractivity contribution is 0.314. The normalized spacial score (nSPS) is 12.7. The van der Waals surface area contributed by atoms with Gasteiger partial charge >= 0.3 is 0 Å². The van der Waals surface area contributed by atoms with Crippen LogP contribution in [0, 0.1) is 0 Å². The van der Waals surface area contributed by atoms with Gasteiger partial charge in [-0.3, -0.25) is 0 Å². The van der Waals surface area contributed by atoms with E-state index < -0.39 is 0 Å². The van der Waals surface area contributed by atoms with Crippen molar-refractivity contribution in [1.29, 1.82) is 0 Å². The Balaban J connectivity index is 2.82. The first kappa shape index (κ1) is 10.2. The maximum Gasteiger partial charge on any atom is 0.150 e. The summed E-state index contributed by atoms with van der Waals surface area (Å²) >= 11 is 14.7. The first-order valence-electron chi connectivity index (χ1n) is 3.35. The molecule has 4 heteroatoms. The number of benzene rings is 1. The fourth-order valence-electron chi connectivity index (χ4n) is 0.738. The van der Waals surface area contributed by atoms with Crippen molar-refractivity contribution < 1.29 is 4.74 Å². The minimum atomic E-state index is -0.0326. The van der Waals surface area contributed by atoms with Crippen LogP contribution in [0.15, 0.2) is 18.2 Å². The predicted molar refractivity (Wildman–Crippen MR) is 55.5 cm³/mol. The van der Waals surface area contributed by atoms with E-state index >= 15 is 0 Å². The molecule has 1 unspecified atom stereocenters. The Kier molecular flexibility index (Phi) is 3.69. The van der Waals surface area contributed by atoms with Gasteiger partial charge in [0.1, 0.15) is 5.75 Å². The molecule has 0 aliphatic carbocycles. The summed E-state index contributed by atoms with van der Waals surface area (Å²) < 4.78 is 5.32. The highest BCUT2D eigenvalue weighted by Crippen LogP contribution is 2.27. The van der Waals surface area contributed by atoms with Gasteiger partial charge in [-0.1, -0.05) is 23.2 Å². The molecule has 0 amide bonds. The van der Waals surface area contributed by atoms with Crippen molar-refractivity contribution in [3.05, 3.63) is 28.2 Å². The smallest absolute Gasteiger partial charge is 0.150 e. The van der Waals surface area contributed by atoms with Crippen LogP contribution >= 0.6 is 39.1 Å². The lowest BCUT2D eigenvalue weighted by atomic mass is 10.3. The molecule has 0 aliphatic heterocycles. The topological polar surface area (TPSA) is 9.23 Å². The molecule has 0 heterocycles. The van der Waals surface area contributed by atoms with E-state index in [1.807, 2.05) is 6.92 Å². The van der Waals surface area contributed by atoms with Gasteiger partial charge in [-0.05, 0) is 35.0 Å². The molecule has 1 aromatic rings. The van der Waals surface area contributed by atoms with Gasteiger partial charge < -0.3 is 4.74 Å². The molecule has 1 rings (SSSR count). The summed E-state index contributed by atoms with van der Waals surface area (Å²) in [5.74, 6) is 0.703. The molecule has 1 nitrogen and oxygen atoms in total. The van der Waals surface area contributed by atoms with Gasteiger partial charge in [0.15, 0.2) is 5.01 Å². The Morgan fingerprint density at radius 3 is 2.50 bits per heavy atom. The van der Waals surface area contributed by atoms with Crippen LogP contribution in [0.1, 0.15) is 6.92 Å². The Morgan fingerprint density at radius 2 is 2.00 bits per heavy atom. The summed E-state index contributed by atoms with van der Waals surface area (Å²) in [6, 6.07) is 5.15. The van der Waals surface area contributed by atoms with Crippen LogP contribution in [0.5, 0.6) is 5.75 Å². The maximum absolute atomic E-state index is 5.77. The lowest BCUT2D eigenvalue weighted by Gasteiger charge is -2.08. The third kappa shape index (κ3) is 2.85. The average Bonchev–Trinajstić information content (AvgIpc) is 1.96. The van der Waals surface area contributed by atoms with Crippen LogP contribution in [-0.2, 0) is 0 Å². The average molecular weight is 270 g/mol. The first-order valence-corrected chi connectivity index (χ1v) is 5.02. The van der Waals surface area contributed by atoms with Gasteiger partial charge in [0, 0.05) is 6.07 Å². The number of rotatable bonds is 2. The van der Waals surface area contributed by atoms with E-state index in [-0.39, 0.29) is 5.01 Å². The lowest BCUT2D eigenvalue weighted by Crippen LogP contribution is -2.01. The van der Waals surface area contributed by atoms with Crippen LogP contribution in [-0.4, -0.2) is 5.01 Å². The highest BCUT2D eigenvalue weighted by Gasteiger charge is 2.01. The van der Waals surface area contributed by atoms with Gasteiger partial charge in [-0.25, -0.2) is 0 Å². The summed E-state index contributed by atoms with van der Waals surface area (Å²) in [6.45, 7) is 1.88. The van der Waals surface area contributed by atoms with E-state index in [0.717, 1.165) is 0 Å². The zero-order valence-electron chi connectivity index (χ0n) is 6.35. The Morgan fingerprint density at radius 1 is 1.33 bits per heavy atom. The fraction of sp³-hybridized carbons (Fsp3) is 0.250. The molecule has 0 N–H and O–H groups in total. The van der Waals surface area contributed by atoms with Crippen molar-refractivity contribution in [3.8, 4) is 5.75 Å². The largest absolute Gasteiger partial charge is 0.480 e. The van der Waals surface area contributed by atoms with Crippen LogP contribution < -0.4 is 4.74 Å². The molecule has 0 spiro atoms. The molecule has 0 bridgehead atoms. The van der Waals surface area contributed by atoms with Crippen molar-refractivity contribution in [1.82, 2.24) is 0 Å². The van der Waals surface area contributed by atoms with Crippen LogP contribution in [0.25, 0.3) is 0 Å². The van der Waals surface area contributed by atoms with Crippen LogP contribution in [0.2, 0.25) is 10.0 Å². The summed E-state index contributed by atoms with van der Waals surface area (Å²) in [5.41, 5.74) is 0. The number of alkyl halides is 1. The van der Waals surface area contributed by atoms with Crippen molar-refractivity contribution in [2.24, 2.45) is 0 Å². The molecule has 0 saturated carbocycles. The highest BCUT2D eigenvalue weighted by atomic mass is 79.9. The SMILES string of the molecule is CC(Br)Oc1ccc(Cl)c(Cl)c1. The van der Waals surface area contributed by atoms with E-state index in [4.69, 9.17) is 27.9 Å². The van der Waals surface area contributed by atoms with Crippen molar-refractivity contribution in [2.45, 2.75) is 11.9 Å². The summed E-state index contributed by atoms with van der Waals surface area (Å²) in [5, 5.41) is 1.00. The zero-order chi connectivity index (χ0) is 9.14. The molecule has 0 saturated heterocycles. The van der Waals surface area contributed by atoms with E-state index in [9.17, 15) is 0 Å². The van der Waals surface area contributed by atoms with Gasteiger partial charge in [-0.15, -0.1) is 0 Å². The summed E-state index contributed by atoms with van der Waals surface area (Å²) in [6.07, 6.45) is 0. The molecule has 12 heavy (non-hydrogen) atoms. The number of hydrogen-bond donors (Lipinski definition) is 0. The van der Waals surface area contributed by atoms with Crippen molar-refractivity contribution >= 4 is 39.1 Å². The Hall–Kier alpha value is 0.0800. The second-order valence-corrected chi connectivity index (χ2v) is 4.34. The van der Waals surface area contributed by atoms with Crippen molar-refractivity contribution in [2.75, 3.05) is 0 Å². The first-order chi connectivity index (χ1) is 5.59. The Labute approximate surface area is 89.7 Å². The third-order valence-corrected chi connectivity index (χ3v) is 2.12. The predicted octanol–water partition coefficient (Wildman–Crippen LogP) is 4.11. The molecule has 0 aliphatic rings. The van der Waals surface area contributed by atoms with E-state index in [1.165, 1.54) is 0 Å². The van der Waals surface area contributed by atoms with Crippen LogP contribution in [0.4, 0.5) is 0 Å². The van der Waals surface area contributed by atoms with Gasteiger partial charge in [-0.2, -0.15) is 0 Å². The number of halogens is 3. The summed E-state index contributed by atoms with van der Waals surface area (Å²) in [4.78, 5) is 0. The van der Waals surface area contributed by atoms with E-state index in [0.29, 0.717) is 15.8 Å². The molecule has 1 aromatic carbocycles. The number of hydrogen-bond acceptors (Lipinski definition) is 1. The fourth-order valence-corrected chi connectivity index (χ4v) is 1.24. The standard InChI is InChI=1S/C8H7BrCl2O/c1-5(9)12-6-2-3-7(10)8(11)4-6/h2-5H,1H3. The van der Waals surface area contributed by atoms with Gasteiger partial charge in [0.05, 0.1) is 10.0 Å². The maximum atomic E-state index is 5.77. The van der Waals surface area contributed by atoms with E-state index in [2.05, 4.69) is 15.9 Å². The second-order valence-electron chi connectivity index (χ2n) is 2.24. The third-order valence-electron chi connectivity index (χ3n) is 1.19. The van der Waals surface area contributed by atoms with Crippen LogP contribution in [0.3, 0.4) is 0 Å². The van der Waals surface area contributed by atoms with Gasteiger partial charge in [0.25, 0.3) is 0 Å². The minimum Gasteiger partial charge on any atom is -0.480 e. The van der Waals surface area contributed by atoms with Gasteiger partial charge in [0.2, 0.25) is 0 Å². The quantitative estimate of drug-likeness (QED) is 0.734. The molecular formula is C8H7BrCl2O. The number of ether oxygens (including phenoxy) is 1. The zero-order valence-corrected chi connectivity index (χ0v) is 9.45. The monoisotopic (exact) mass is 268 g/mol. The molecular weight excluding hydrogens is 263 g/mol. The molecule has 1 atom stereocenters. The molecule has 66 valence electrons. The summed E-state index contributed by atoms with van der Waals surface area (Å²) in [7, 11) is 0. The second kappa shape index (κ2) is 4.35. The van der Waals surface area contributed by atoms with E-state index in [1.54, 1.807) is 18.2 Å². The molecule has 0 aromatic heterocycles. The van der Waals surface area contributed by atoms with Crippen molar-refractivity contribution in [3.63, 3.8) is 0 Å². The Bertz CT molecular complexity index is 276. The molecule has 0 fully saturated rings.